The minimum absolute atomic E-state index is 0.0642. The standard InChI is InChI=1S/C14H16N2O4S/c1-9(17)13-7-12(16(18)19)14(21-13)15(10-4-5-10)8-11-3-2-6-20-11/h2-3,6-7,9-10,17H,4-5,8H2,1H3/t9-/m1/s1. The summed E-state index contributed by atoms with van der Waals surface area (Å²) in [5.41, 5.74) is 0.0642. The molecule has 0 saturated heterocycles. The molecule has 21 heavy (non-hydrogen) atoms. The first-order valence-corrected chi connectivity index (χ1v) is 7.63. The number of hydrogen-bond donors (Lipinski definition) is 1. The maximum absolute atomic E-state index is 11.3. The van der Waals surface area contributed by atoms with E-state index in [1.54, 1.807) is 13.2 Å². The van der Waals surface area contributed by atoms with Gasteiger partial charge in [-0.25, -0.2) is 0 Å². The molecule has 1 fully saturated rings. The highest BCUT2D eigenvalue weighted by molar-refractivity contribution is 7.16. The first-order chi connectivity index (χ1) is 10.1. The Hall–Kier alpha value is -1.86. The van der Waals surface area contributed by atoms with Crippen LogP contribution in [-0.2, 0) is 6.54 Å². The van der Waals surface area contributed by atoms with Crippen LogP contribution in [0.3, 0.4) is 0 Å². The van der Waals surface area contributed by atoms with Gasteiger partial charge < -0.3 is 14.4 Å². The third-order valence-electron chi connectivity index (χ3n) is 3.48. The molecule has 0 radical (unpaired) electrons. The van der Waals surface area contributed by atoms with Crippen LogP contribution < -0.4 is 4.90 Å². The highest BCUT2D eigenvalue weighted by Crippen LogP contribution is 2.45. The molecular formula is C14H16N2O4S. The second-order valence-corrected chi connectivity index (χ2v) is 6.27. The van der Waals surface area contributed by atoms with Gasteiger partial charge in [-0.05, 0) is 31.9 Å². The van der Waals surface area contributed by atoms with Crippen LogP contribution in [0.5, 0.6) is 0 Å². The molecule has 0 aromatic carbocycles. The van der Waals surface area contributed by atoms with Gasteiger partial charge in [-0.15, -0.1) is 11.3 Å². The lowest BCUT2D eigenvalue weighted by molar-refractivity contribution is -0.383. The van der Waals surface area contributed by atoms with Crippen LogP contribution in [-0.4, -0.2) is 16.1 Å². The van der Waals surface area contributed by atoms with Crippen molar-refractivity contribution >= 4 is 22.0 Å². The number of nitrogens with zero attached hydrogens (tertiary/aromatic N) is 2. The van der Waals surface area contributed by atoms with Gasteiger partial charge in [0.25, 0.3) is 0 Å². The zero-order chi connectivity index (χ0) is 15.0. The Bertz CT molecular complexity index is 631. The summed E-state index contributed by atoms with van der Waals surface area (Å²) in [5.74, 6) is 0.781. The normalized spacial score (nSPS) is 15.9. The van der Waals surface area contributed by atoms with Crippen molar-refractivity contribution in [2.75, 3.05) is 4.90 Å². The maximum atomic E-state index is 11.3. The number of aliphatic hydroxyl groups excluding tert-OH is 1. The molecule has 7 heteroatoms. The Morgan fingerprint density at radius 1 is 1.62 bits per heavy atom. The van der Waals surface area contributed by atoms with Crippen LogP contribution in [0, 0.1) is 10.1 Å². The van der Waals surface area contributed by atoms with E-state index in [1.165, 1.54) is 17.4 Å². The summed E-state index contributed by atoms with van der Waals surface area (Å²) in [6.45, 7) is 2.13. The van der Waals surface area contributed by atoms with E-state index in [1.807, 2.05) is 17.0 Å². The molecule has 2 aromatic rings. The molecule has 1 N–H and O–H groups in total. The first kappa shape index (κ1) is 14.1. The van der Waals surface area contributed by atoms with Gasteiger partial charge in [0.15, 0.2) is 5.00 Å². The van der Waals surface area contributed by atoms with Crippen molar-refractivity contribution in [2.24, 2.45) is 0 Å². The fourth-order valence-electron chi connectivity index (χ4n) is 2.26. The van der Waals surface area contributed by atoms with E-state index in [0.717, 1.165) is 18.6 Å². The molecule has 1 atom stereocenters. The van der Waals surface area contributed by atoms with E-state index < -0.39 is 6.10 Å². The minimum atomic E-state index is -0.702. The van der Waals surface area contributed by atoms with Crippen molar-refractivity contribution in [3.8, 4) is 0 Å². The largest absolute Gasteiger partial charge is 0.467 e. The molecule has 0 bridgehead atoms. The topological polar surface area (TPSA) is 79.8 Å². The zero-order valence-corrected chi connectivity index (χ0v) is 12.4. The lowest BCUT2D eigenvalue weighted by Crippen LogP contribution is -2.24. The monoisotopic (exact) mass is 308 g/mol. The predicted octanol–water partition coefficient (Wildman–Crippen LogP) is 3.47. The number of thiophene rings is 1. The van der Waals surface area contributed by atoms with E-state index >= 15 is 0 Å². The van der Waals surface area contributed by atoms with Gasteiger partial charge in [-0.2, -0.15) is 0 Å². The molecule has 2 aromatic heterocycles. The molecule has 0 unspecified atom stereocenters. The number of rotatable bonds is 6. The quantitative estimate of drug-likeness (QED) is 0.653. The van der Waals surface area contributed by atoms with Gasteiger partial charge in [0.2, 0.25) is 0 Å². The summed E-state index contributed by atoms with van der Waals surface area (Å²) in [5, 5.41) is 21.6. The SMILES string of the molecule is C[C@@H](O)c1cc([N+](=O)[O-])c(N(Cc2ccco2)C2CC2)s1. The van der Waals surface area contributed by atoms with Crippen molar-refractivity contribution in [3.63, 3.8) is 0 Å². The van der Waals surface area contributed by atoms with E-state index in [0.29, 0.717) is 22.5 Å². The fourth-order valence-corrected chi connectivity index (χ4v) is 3.39. The van der Waals surface area contributed by atoms with Crippen LogP contribution in [0.4, 0.5) is 10.7 Å². The van der Waals surface area contributed by atoms with Crippen LogP contribution in [0.1, 0.15) is 36.5 Å². The first-order valence-electron chi connectivity index (χ1n) is 6.81. The van der Waals surface area contributed by atoms with Gasteiger partial charge in [-0.1, -0.05) is 0 Å². The molecule has 2 heterocycles. The minimum Gasteiger partial charge on any atom is -0.467 e. The van der Waals surface area contributed by atoms with Crippen LogP contribution in [0.25, 0.3) is 0 Å². The predicted molar refractivity (Wildman–Crippen MR) is 79.5 cm³/mol. The molecule has 1 saturated carbocycles. The van der Waals surface area contributed by atoms with Crippen molar-refractivity contribution in [2.45, 2.75) is 38.5 Å². The smallest absolute Gasteiger partial charge is 0.304 e. The molecule has 0 spiro atoms. The van der Waals surface area contributed by atoms with Gasteiger partial charge in [0, 0.05) is 17.0 Å². The second kappa shape index (κ2) is 5.50. The van der Waals surface area contributed by atoms with Gasteiger partial charge in [0.1, 0.15) is 5.76 Å². The lowest BCUT2D eigenvalue weighted by atomic mass is 10.3. The number of furan rings is 1. The zero-order valence-electron chi connectivity index (χ0n) is 11.6. The molecular weight excluding hydrogens is 292 g/mol. The fraction of sp³-hybridized carbons (Fsp3) is 0.429. The molecule has 1 aliphatic rings. The number of hydrogen-bond acceptors (Lipinski definition) is 6. The van der Waals surface area contributed by atoms with E-state index in [2.05, 4.69) is 0 Å². The molecule has 112 valence electrons. The summed E-state index contributed by atoms with van der Waals surface area (Å²) in [4.78, 5) is 13.5. The Morgan fingerprint density at radius 3 is 2.90 bits per heavy atom. The Balaban J connectivity index is 1.96. The number of nitro groups is 1. The third-order valence-corrected chi connectivity index (χ3v) is 4.81. The van der Waals surface area contributed by atoms with Crippen molar-refractivity contribution in [1.82, 2.24) is 0 Å². The lowest BCUT2D eigenvalue weighted by Gasteiger charge is -2.21. The highest BCUT2D eigenvalue weighted by Gasteiger charge is 2.35. The summed E-state index contributed by atoms with van der Waals surface area (Å²) in [7, 11) is 0. The second-order valence-electron chi connectivity index (χ2n) is 5.21. The van der Waals surface area contributed by atoms with Crippen LogP contribution >= 0.6 is 11.3 Å². The Labute approximate surface area is 125 Å². The summed E-state index contributed by atoms with van der Waals surface area (Å²) in [6.07, 6.45) is 2.96. The molecule has 6 nitrogen and oxygen atoms in total. The van der Waals surface area contributed by atoms with E-state index in [9.17, 15) is 15.2 Å². The summed E-state index contributed by atoms with van der Waals surface area (Å²) in [6, 6.07) is 5.46. The van der Waals surface area contributed by atoms with E-state index in [-0.39, 0.29) is 10.6 Å². The Kier molecular flexibility index (Phi) is 3.69. The average molecular weight is 308 g/mol. The van der Waals surface area contributed by atoms with Gasteiger partial charge in [0.05, 0.1) is 23.8 Å². The van der Waals surface area contributed by atoms with Crippen molar-refractivity contribution in [1.29, 1.82) is 0 Å². The average Bonchev–Trinajstić information content (AvgIpc) is 2.98. The third kappa shape index (κ3) is 2.93. The number of aliphatic hydroxyl groups is 1. The summed E-state index contributed by atoms with van der Waals surface area (Å²) >= 11 is 1.29. The maximum Gasteiger partial charge on any atom is 0.304 e. The van der Waals surface area contributed by atoms with E-state index in [4.69, 9.17) is 4.42 Å². The highest BCUT2D eigenvalue weighted by atomic mass is 32.1. The van der Waals surface area contributed by atoms with Crippen LogP contribution in [0.2, 0.25) is 0 Å². The van der Waals surface area contributed by atoms with Gasteiger partial charge in [-0.3, -0.25) is 10.1 Å². The summed E-state index contributed by atoms with van der Waals surface area (Å²) < 4.78 is 5.36. The Morgan fingerprint density at radius 2 is 2.38 bits per heavy atom. The van der Waals surface area contributed by atoms with Crippen molar-refractivity contribution < 1.29 is 14.4 Å². The molecule has 3 rings (SSSR count). The van der Waals surface area contributed by atoms with Gasteiger partial charge >= 0.3 is 5.69 Å². The molecule has 0 amide bonds. The molecule has 0 aliphatic heterocycles. The van der Waals surface area contributed by atoms with Crippen molar-refractivity contribution in [3.05, 3.63) is 45.2 Å². The van der Waals surface area contributed by atoms with Crippen LogP contribution in [0.15, 0.2) is 28.9 Å². The molecule has 1 aliphatic carbocycles. The number of anilines is 1.